The van der Waals surface area contributed by atoms with Gasteiger partial charge in [-0.1, -0.05) is 25.1 Å². The van der Waals surface area contributed by atoms with E-state index in [1.165, 1.54) is 0 Å². The quantitative estimate of drug-likeness (QED) is 0.414. The summed E-state index contributed by atoms with van der Waals surface area (Å²) in [5.41, 5.74) is 3.38. The minimum Gasteiger partial charge on any atom is -0.454 e. The van der Waals surface area contributed by atoms with Crippen LogP contribution >= 0.6 is 0 Å². The number of H-pyrrole nitrogens is 1. The molecule has 0 saturated heterocycles. The average Bonchev–Trinajstić information content (AvgIpc) is 3.49. The maximum absolute atomic E-state index is 13.0. The normalized spacial score (nSPS) is 13.2. The van der Waals surface area contributed by atoms with E-state index in [9.17, 15) is 4.79 Å². The van der Waals surface area contributed by atoms with Gasteiger partial charge in [0.25, 0.3) is 5.56 Å². The molecule has 0 fully saturated rings. The molecule has 1 N–H and O–H groups in total. The molecule has 35 heavy (non-hydrogen) atoms. The summed E-state index contributed by atoms with van der Waals surface area (Å²) in [4.78, 5) is 18.2. The van der Waals surface area contributed by atoms with Gasteiger partial charge in [-0.05, 0) is 78.4 Å². The number of aromatic amines is 1. The van der Waals surface area contributed by atoms with Crippen LogP contribution in [0.2, 0.25) is 0 Å². The van der Waals surface area contributed by atoms with Gasteiger partial charge in [0.05, 0.1) is 12.1 Å². The highest BCUT2D eigenvalue weighted by molar-refractivity contribution is 5.79. The first-order valence-electron chi connectivity index (χ1n) is 11.8. The zero-order chi connectivity index (χ0) is 24.6. The third-order valence-electron chi connectivity index (χ3n) is 6.65. The van der Waals surface area contributed by atoms with E-state index in [1.807, 2.05) is 48.0 Å². The van der Waals surface area contributed by atoms with Crippen molar-refractivity contribution in [2.45, 2.75) is 59.3 Å². The summed E-state index contributed by atoms with van der Waals surface area (Å²) < 4.78 is 12.9. The van der Waals surface area contributed by atoms with Gasteiger partial charge >= 0.3 is 0 Å². The highest BCUT2D eigenvalue weighted by Gasteiger charge is 2.25. The number of tetrazole rings is 1. The highest BCUT2D eigenvalue weighted by Crippen LogP contribution is 2.33. The number of rotatable bonds is 8. The summed E-state index contributed by atoms with van der Waals surface area (Å²) in [5, 5.41) is 13.5. The number of aromatic nitrogens is 5. The first-order chi connectivity index (χ1) is 16.8. The van der Waals surface area contributed by atoms with Crippen LogP contribution in [-0.2, 0) is 25.2 Å². The van der Waals surface area contributed by atoms with E-state index in [2.05, 4.69) is 52.2 Å². The Morgan fingerprint density at radius 2 is 1.89 bits per heavy atom. The fraction of sp³-hybridized carbons (Fsp3) is 0.385. The Bertz CT molecular complexity index is 1420. The molecule has 182 valence electrons. The van der Waals surface area contributed by atoms with Gasteiger partial charge in [-0.15, -0.1) is 5.10 Å². The average molecular weight is 475 g/mol. The third-order valence-corrected chi connectivity index (χ3v) is 6.65. The number of hydrogen-bond donors (Lipinski definition) is 1. The number of pyridine rings is 1. The van der Waals surface area contributed by atoms with Crippen LogP contribution in [0.3, 0.4) is 0 Å². The number of ether oxygens (including phenoxy) is 2. The minimum absolute atomic E-state index is 0.0905. The maximum atomic E-state index is 13.0. The van der Waals surface area contributed by atoms with Gasteiger partial charge in [0.2, 0.25) is 6.79 Å². The molecule has 9 heteroatoms. The zero-order valence-electron chi connectivity index (χ0n) is 20.5. The number of fused-ring (bicyclic) bond motifs is 2. The summed E-state index contributed by atoms with van der Waals surface area (Å²) in [5.74, 6) is 2.24. The molecule has 5 rings (SSSR count). The molecular formula is C26H30N6O3. The molecule has 2 aromatic heterocycles. The highest BCUT2D eigenvalue weighted by atomic mass is 16.7. The lowest BCUT2D eigenvalue weighted by atomic mass is 10.0. The second kappa shape index (κ2) is 9.14. The predicted octanol–water partition coefficient (Wildman–Crippen LogP) is 3.90. The third kappa shape index (κ3) is 4.77. The van der Waals surface area contributed by atoms with E-state index in [0.29, 0.717) is 25.2 Å². The molecule has 1 aliphatic rings. The predicted molar refractivity (Wildman–Crippen MR) is 132 cm³/mol. The molecule has 1 aliphatic heterocycles. The Balaban J connectivity index is 1.48. The SMILES string of the molecule is CCC(C)(C)n1nnnc1CN(Cc1ccc2c(c1)OCO2)Cc1cc2ccc(C)cc2[nH]c1=O. The summed E-state index contributed by atoms with van der Waals surface area (Å²) >= 11 is 0. The van der Waals surface area contributed by atoms with E-state index >= 15 is 0 Å². The number of aryl methyl sites for hydroxylation is 1. The van der Waals surface area contributed by atoms with Crippen LogP contribution in [0.15, 0.2) is 47.3 Å². The topological polar surface area (TPSA) is 98.2 Å². The van der Waals surface area contributed by atoms with E-state index in [-0.39, 0.29) is 17.9 Å². The van der Waals surface area contributed by atoms with Crippen LogP contribution in [0.4, 0.5) is 0 Å². The molecule has 9 nitrogen and oxygen atoms in total. The zero-order valence-corrected chi connectivity index (χ0v) is 20.5. The van der Waals surface area contributed by atoms with Gasteiger partial charge in [0.15, 0.2) is 17.3 Å². The number of nitrogens with one attached hydrogen (secondary N) is 1. The molecule has 0 saturated carbocycles. The van der Waals surface area contributed by atoms with Crippen molar-refractivity contribution in [1.82, 2.24) is 30.1 Å². The standard InChI is InChI=1S/C26H30N6O3/c1-5-26(3,4)32-24(28-29-30-32)15-31(13-18-7-9-22-23(11-18)35-16-34-22)14-20-12-19-8-6-17(2)10-21(19)27-25(20)33/h6-12H,5,13-16H2,1-4H3,(H,27,33). The van der Waals surface area contributed by atoms with Gasteiger partial charge in [0.1, 0.15) is 0 Å². The van der Waals surface area contributed by atoms with Crippen molar-refractivity contribution in [3.8, 4) is 11.5 Å². The Kier molecular flexibility index (Phi) is 6.02. The van der Waals surface area contributed by atoms with Crippen molar-refractivity contribution in [3.05, 3.63) is 75.3 Å². The Morgan fingerprint density at radius 3 is 2.71 bits per heavy atom. The van der Waals surface area contributed by atoms with E-state index in [1.54, 1.807) is 0 Å². The Morgan fingerprint density at radius 1 is 1.06 bits per heavy atom. The Hall–Kier alpha value is -3.72. The lowest BCUT2D eigenvalue weighted by Gasteiger charge is -2.27. The summed E-state index contributed by atoms with van der Waals surface area (Å²) in [6.07, 6.45) is 0.886. The number of hydrogen-bond acceptors (Lipinski definition) is 7. The summed E-state index contributed by atoms with van der Waals surface area (Å²) in [6, 6.07) is 14.0. The largest absolute Gasteiger partial charge is 0.454 e. The van der Waals surface area contributed by atoms with E-state index < -0.39 is 0 Å². The molecule has 4 aromatic rings. The number of nitrogens with zero attached hydrogens (tertiary/aromatic N) is 5. The van der Waals surface area contributed by atoms with Crippen molar-refractivity contribution in [1.29, 1.82) is 0 Å². The van der Waals surface area contributed by atoms with Gasteiger partial charge in [-0.25, -0.2) is 4.68 Å². The van der Waals surface area contributed by atoms with Gasteiger partial charge in [-0.2, -0.15) is 0 Å². The van der Waals surface area contributed by atoms with Crippen LogP contribution in [0.1, 0.15) is 49.7 Å². The molecule has 0 atom stereocenters. The Labute approximate surface area is 203 Å². The summed E-state index contributed by atoms with van der Waals surface area (Å²) in [7, 11) is 0. The second-order valence-corrected chi connectivity index (χ2v) is 9.72. The molecule has 3 heterocycles. The van der Waals surface area contributed by atoms with Crippen LogP contribution in [0, 0.1) is 6.92 Å². The fourth-order valence-electron chi connectivity index (χ4n) is 4.31. The molecule has 0 radical (unpaired) electrons. The van der Waals surface area contributed by atoms with Gasteiger partial charge < -0.3 is 14.5 Å². The van der Waals surface area contributed by atoms with Crippen molar-refractivity contribution in [2.24, 2.45) is 0 Å². The fourth-order valence-corrected chi connectivity index (χ4v) is 4.31. The molecule has 0 amide bonds. The molecular weight excluding hydrogens is 444 g/mol. The minimum atomic E-state index is -0.221. The first kappa shape index (κ1) is 23.0. The van der Waals surface area contributed by atoms with Crippen molar-refractivity contribution in [2.75, 3.05) is 6.79 Å². The van der Waals surface area contributed by atoms with Crippen LogP contribution in [0.5, 0.6) is 11.5 Å². The molecule has 2 aromatic carbocycles. The van der Waals surface area contributed by atoms with Crippen LogP contribution in [-0.4, -0.2) is 36.9 Å². The number of benzene rings is 2. The van der Waals surface area contributed by atoms with Crippen molar-refractivity contribution in [3.63, 3.8) is 0 Å². The van der Waals surface area contributed by atoms with E-state index in [4.69, 9.17) is 9.47 Å². The summed E-state index contributed by atoms with van der Waals surface area (Å²) in [6.45, 7) is 10.1. The van der Waals surface area contributed by atoms with Crippen LogP contribution < -0.4 is 15.0 Å². The first-order valence-corrected chi connectivity index (χ1v) is 11.8. The molecule has 0 aliphatic carbocycles. The maximum Gasteiger partial charge on any atom is 0.252 e. The van der Waals surface area contributed by atoms with Crippen LogP contribution in [0.25, 0.3) is 10.9 Å². The monoisotopic (exact) mass is 474 g/mol. The van der Waals surface area contributed by atoms with Crippen molar-refractivity contribution >= 4 is 10.9 Å². The molecule has 0 unspecified atom stereocenters. The smallest absolute Gasteiger partial charge is 0.252 e. The van der Waals surface area contributed by atoms with Gasteiger partial charge in [0, 0.05) is 24.2 Å². The molecule has 0 spiro atoms. The van der Waals surface area contributed by atoms with Gasteiger partial charge in [-0.3, -0.25) is 9.69 Å². The molecule has 0 bridgehead atoms. The van der Waals surface area contributed by atoms with E-state index in [0.717, 1.165) is 45.8 Å². The van der Waals surface area contributed by atoms with Crippen molar-refractivity contribution < 1.29 is 9.47 Å². The lowest BCUT2D eigenvalue weighted by molar-refractivity contribution is 0.174. The second-order valence-electron chi connectivity index (χ2n) is 9.72. The lowest BCUT2D eigenvalue weighted by Crippen LogP contribution is -2.32.